The number of esters is 1. The highest BCUT2D eigenvalue weighted by Crippen LogP contribution is 2.27. The molecule has 0 unspecified atom stereocenters. The Bertz CT molecular complexity index is 979. The predicted octanol–water partition coefficient (Wildman–Crippen LogP) is 4.62. The number of amides is 1. The summed E-state index contributed by atoms with van der Waals surface area (Å²) in [6.07, 6.45) is 0.175. The molecule has 1 aliphatic rings. The Morgan fingerprint density at radius 1 is 0.893 bits per heavy atom. The topological polar surface area (TPSA) is 46.6 Å². The summed E-state index contributed by atoms with van der Waals surface area (Å²) in [6.45, 7) is 2.35. The number of anilines is 1. The van der Waals surface area contributed by atoms with E-state index in [4.69, 9.17) is 4.74 Å². The van der Waals surface area contributed by atoms with Crippen molar-refractivity contribution in [1.82, 2.24) is 0 Å². The summed E-state index contributed by atoms with van der Waals surface area (Å²) in [4.78, 5) is 26.5. The zero-order valence-electron chi connectivity index (χ0n) is 15.7. The quantitative estimate of drug-likeness (QED) is 0.497. The van der Waals surface area contributed by atoms with Gasteiger partial charge in [0.05, 0.1) is 5.92 Å². The summed E-state index contributed by atoms with van der Waals surface area (Å²) >= 11 is 0. The Hall–Kier alpha value is -3.40. The second-order valence-corrected chi connectivity index (χ2v) is 7.05. The number of nitrogens with zero attached hydrogens (tertiary/aromatic N) is 1. The first kappa shape index (κ1) is 18.0. The number of aryl methyl sites for hydroxylation is 1. The van der Waals surface area contributed by atoms with E-state index in [1.165, 1.54) is 0 Å². The maximum absolute atomic E-state index is 12.5. The maximum atomic E-state index is 12.5. The summed E-state index contributed by atoms with van der Waals surface area (Å²) < 4.78 is 5.52. The molecule has 1 fully saturated rings. The van der Waals surface area contributed by atoms with Crippen molar-refractivity contribution in [2.75, 3.05) is 11.4 Å². The molecule has 4 nitrogen and oxygen atoms in total. The van der Waals surface area contributed by atoms with Crippen molar-refractivity contribution in [3.63, 3.8) is 0 Å². The Morgan fingerprint density at radius 2 is 1.54 bits per heavy atom. The highest BCUT2D eigenvalue weighted by atomic mass is 16.5. The van der Waals surface area contributed by atoms with E-state index >= 15 is 0 Å². The fourth-order valence-corrected chi connectivity index (χ4v) is 3.39. The van der Waals surface area contributed by atoms with Crippen LogP contribution >= 0.6 is 0 Å². The molecule has 1 saturated heterocycles. The first-order valence-corrected chi connectivity index (χ1v) is 9.34. The number of hydrogen-bond acceptors (Lipinski definition) is 3. The van der Waals surface area contributed by atoms with Crippen LogP contribution in [0.15, 0.2) is 78.9 Å². The van der Waals surface area contributed by atoms with Crippen LogP contribution in [-0.4, -0.2) is 18.4 Å². The lowest BCUT2D eigenvalue weighted by molar-refractivity contribution is -0.139. The lowest BCUT2D eigenvalue weighted by Gasteiger charge is -2.16. The van der Waals surface area contributed by atoms with Crippen LogP contribution in [0.5, 0.6) is 5.75 Å². The third-order valence-corrected chi connectivity index (χ3v) is 4.98. The van der Waals surface area contributed by atoms with Gasteiger partial charge >= 0.3 is 5.97 Å². The molecule has 4 rings (SSSR count). The Morgan fingerprint density at radius 3 is 2.21 bits per heavy atom. The van der Waals surface area contributed by atoms with Gasteiger partial charge < -0.3 is 9.64 Å². The Balaban J connectivity index is 1.41. The van der Waals surface area contributed by atoms with E-state index in [2.05, 4.69) is 0 Å². The number of benzene rings is 3. The van der Waals surface area contributed by atoms with E-state index in [1.54, 1.807) is 17.0 Å². The van der Waals surface area contributed by atoms with Gasteiger partial charge in [0, 0.05) is 18.7 Å². The van der Waals surface area contributed by atoms with Crippen LogP contribution in [0.25, 0.3) is 11.1 Å². The zero-order valence-corrected chi connectivity index (χ0v) is 15.7. The molecule has 0 spiro atoms. The monoisotopic (exact) mass is 371 g/mol. The zero-order chi connectivity index (χ0) is 19.5. The van der Waals surface area contributed by atoms with Gasteiger partial charge in [0.1, 0.15) is 5.75 Å². The van der Waals surface area contributed by atoms with Gasteiger partial charge in [-0.25, -0.2) is 0 Å². The van der Waals surface area contributed by atoms with Crippen molar-refractivity contribution < 1.29 is 14.3 Å². The van der Waals surface area contributed by atoms with E-state index in [0.29, 0.717) is 12.3 Å². The van der Waals surface area contributed by atoms with Crippen LogP contribution in [0.4, 0.5) is 5.69 Å². The average molecular weight is 371 g/mol. The molecule has 0 bridgehead atoms. The van der Waals surface area contributed by atoms with Crippen molar-refractivity contribution >= 4 is 17.6 Å². The van der Waals surface area contributed by atoms with E-state index in [0.717, 1.165) is 22.4 Å². The van der Waals surface area contributed by atoms with Gasteiger partial charge in [-0.1, -0.05) is 60.2 Å². The molecule has 28 heavy (non-hydrogen) atoms. The van der Waals surface area contributed by atoms with Gasteiger partial charge in [0.25, 0.3) is 0 Å². The van der Waals surface area contributed by atoms with Crippen molar-refractivity contribution in [1.29, 1.82) is 0 Å². The minimum atomic E-state index is -0.456. The number of carbonyl (C=O) groups excluding carboxylic acids is 2. The Labute approximate surface area is 164 Å². The van der Waals surface area contributed by atoms with Gasteiger partial charge in [-0.2, -0.15) is 0 Å². The molecule has 4 heteroatoms. The largest absolute Gasteiger partial charge is 0.426 e. The molecular weight excluding hydrogens is 350 g/mol. The summed E-state index contributed by atoms with van der Waals surface area (Å²) in [6, 6.07) is 25.2. The fourth-order valence-electron chi connectivity index (χ4n) is 3.39. The maximum Gasteiger partial charge on any atom is 0.316 e. The van der Waals surface area contributed by atoms with Gasteiger partial charge in [-0.3, -0.25) is 9.59 Å². The fraction of sp³-hybridized carbons (Fsp3) is 0.167. The molecule has 0 aromatic heterocycles. The van der Waals surface area contributed by atoms with Gasteiger partial charge in [-0.05, 0) is 42.3 Å². The second kappa shape index (κ2) is 7.69. The van der Waals surface area contributed by atoms with Crippen LogP contribution in [0.3, 0.4) is 0 Å². The first-order valence-electron chi connectivity index (χ1n) is 9.34. The van der Waals surface area contributed by atoms with E-state index in [9.17, 15) is 9.59 Å². The minimum absolute atomic E-state index is 0.0507. The van der Waals surface area contributed by atoms with E-state index < -0.39 is 5.92 Å². The minimum Gasteiger partial charge on any atom is -0.426 e. The molecule has 1 atom stereocenters. The predicted molar refractivity (Wildman–Crippen MR) is 109 cm³/mol. The summed E-state index contributed by atoms with van der Waals surface area (Å²) in [7, 11) is 0. The standard InChI is InChI=1S/C24H21NO3/c1-17-7-11-21(12-8-17)25-16-20(15-23(25)26)24(27)28-22-13-9-19(10-14-22)18-5-3-2-4-6-18/h2-14,20H,15-16H2,1H3/t20-/m1/s1. The second-order valence-electron chi connectivity index (χ2n) is 7.05. The van der Waals surface area contributed by atoms with Crippen molar-refractivity contribution in [2.24, 2.45) is 5.92 Å². The normalized spacial score (nSPS) is 16.2. The molecule has 1 heterocycles. The van der Waals surface area contributed by atoms with E-state index in [-0.39, 0.29) is 18.3 Å². The number of carbonyl (C=O) groups is 2. The molecule has 1 amide bonds. The van der Waals surface area contributed by atoms with Crippen molar-refractivity contribution in [3.8, 4) is 16.9 Å². The van der Waals surface area contributed by atoms with Crippen LogP contribution in [0.2, 0.25) is 0 Å². The molecule has 0 aliphatic carbocycles. The van der Waals surface area contributed by atoms with Crippen molar-refractivity contribution in [2.45, 2.75) is 13.3 Å². The van der Waals surface area contributed by atoms with Crippen LogP contribution < -0.4 is 9.64 Å². The molecular formula is C24H21NO3. The van der Waals surface area contributed by atoms with Crippen molar-refractivity contribution in [3.05, 3.63) is 84.4 Å². The van der Waals surface area contributed by atoms with Gasteiger partial charge in [-0.15, -0.1) is 0 Å². The third kappa shape index (κ3) is 3.81. The number of ether oxygens (including phenoxy) is 1. The van der Waals surface area contributed by atoms with Crippen LogP contribution in [0, 0.1) is 12.8 Å². The first-order chi connectivity index (χ1) is 13.6. The Kier molecular flexibility index (Phi) is 4.94. The van der Waals surface area contributed by atoms with Gasteiger partial charge in [0.2, 0.25) is 5.91 Å². The SMILES string of the molecule is Cc1ccc(N2C[C@H](C(=O)Oc3ccc(-c4ccccc4)cc3)CC2=O)cc1. The molecule has 0 radical (unpaired) electrons. The van der Waals surface area contributed by atoms with Crippen LogP contribution in [-0.2, 0) is 9.59 Å². The summed E-state index contributed by atoms with van der Waals surface area (Å²) in [5.41, 5.74) is 4.11. The smallest absolute Gasteiger partial charge is 0.316 e. The molecule has 1 aliphatic heterocycles. The lowest BCUT2D eigenvalue weighted by atomic mass is 10.1. The molecule has 3 aromatic rings. The molecule has 3 aromatic carbocycles. The summed E-state index contributed by atoms with van der Waals surface area (Å²) in [5, 5.41) is 0. The molecule has 0 saturated carbocycles. The summed E-state index contributed by atoms with van der Waals surface area (Å²) in [5.74, 6) is -0.380. The lowest BCUT2D eigenvalue weighted by Crippen LogP contribution is -2.27. The molecule has 140 valence electrons. The van der Waals surface area contributed by atoms with E-state index in [1.807, 2.05) is 73.7 Å². The number of hydrogen-bond donors (Lipinski definition) is 0. The highest BCUT2D eigenvalue weighted by Gasteiger charge is 2.36. The number of rotatable bonds is 4. The highest BCUT2D eigenvalue weighted by molar-refractivity contribution is 5.99. The average Bonchev–Trinajstić information content (AvgIpc) is 3.12. The molecule has 0 N–H and O–H groups in total. The third-order valence-electron chi connectivity index (χ3n) is 4.98. The van der Waals surface area contributed by atoms with Crippen LogP contribution in [0.1, 0.15) is 12.0 Å². The van der Waals surface area contributed by atoms with Gasteiger partial charge in [0.15, 0.2) is 0 Å².